The third-order valence-corrected chi connectivity index (χ3v) is 9.87. The third-order valence-electron chi connectivity index (χ3n) is 7.91. The minimum absolute atomic E-state index is 0.137. The Bertz CT molecular complexity index is 1060. The number of hydrogen-bond acceptors (Lipinski definition) is 6. The number of fused-ring (bicyclic) bond motifs is 2. The molecular formula is C28H34NO4S2+. The first-order chi connectivity index (χ1) is 16.9. The van der Waals surface area contributed by atoms with E-state index in [2.05, 4.69) is 26.2 Å². The molecule has 2 bridgehead atoms. The van der Waals surface area contributed by atoms with Crippen LogP contribution in [0.25, 0.3) is 0 Å². The third kappa shape index (κ3) is 4.85. The second kappa shape index (κ2) is 10.1. The number of quaternary nitrogens is 1. The van der Waals surface area contributed by atoms with Crippen molar-refractivity contribution in [1.29, 1.82) is 0 Å². The number of benzene rings is 1. The summed E-state index contributed by atoms with van der Waals surface area (Å²) in [6.45, 7) is 2.23. The van der Waals surface area contributed by atoms with E-state index in [0.717, 1.165) is 30.3 Å². The zero-order valence-electron chi connectivity index (χ0n) is 20.3. The van der Waals surface area contributed by atoms with Crippen molar-refractivity contribution in [3.63, 3.8) is 0 Å². The van der Waals surface area contributed by atoms with E-state index in [9.17, 15) is 9.90 Å². The Balaban J connectivity index is 1.24. The van der Waals surface area contributed by atoms with E-state index in [1.807, 2.05) is 53.2 Å². The van der Waals surface area contributed by atoms with Crippen LogP contribution in [0.4, 0.5) is 0 Å². The first kappa shape index (κ1) is 24.7. The van der Waals surface area contributed by atoms with Crippen molar-refractivity contribution in [2.24, 2.45) is 11.8 Å². The fourth-order valence-corrected chi connectivity index (χ4v) is 7.66. The van der Waals surface area contributed by atoms with Gasteiger partial charge in [0.1, 0.15) is 12.6 Å². The Morgan fingerprint density at radius 3 is 2.34 bits per heavy atom. The number of likely N-dealkylation sites (N-methyl/N-ethyl adjacent to an activating group) is 1. The fourth-order valence-electron chi connectivity index (χ4n) is 5.95. The number of rotatable bonds is 10. The van der Waals surface area contributed by atoms with E-state index in [0.29, 0.717) is 40.8 Å². The Morgan fingerprint density at radius 2 is 1.71 bits per heavy atom. The molecule has 0 aliphatic heterocycles. The zero-order valence-corrected chi connectivity index (χ0v) is 22.0. The summed E-state index contributed by atoms with van der Waals surface area (Å²) in [5, 5.41) is 15.4. The van der Waals surface area contributed by atoms with Crippen LogP contribution in [0.2, 0.25) is 0 Å². The summed E-state index contributed by atoms with van der Waals surface area (Å²) >= 11 is 2.77. The van der Waals surface area contributed by atoms with Gasteiger partial charge in [-0.15, -0.1) is 22.7 Å². The first-order valence-corrected chi connectivity index (χ1v) is 14.1. The molecular weight excluding hydrogens is 478 g/mol. The normalized spacial score (nSPS) is 24.1. The molecule has 1 N–H and O–H groups in total. The number of hydrogen-bond donors (Lipinski definition) is 1. The molecule has 2 aliphatic carbocycles. The van der Waals surface area contributed by atoms with Crippen LogP contribution in [-0.2, 0) is 26.5 Å². The highest BCUT2D eigenvalue weighted by Gasteiger charge is 2.57. The molecule has 0 amide bonds. The van der Waals surface area contributed by atoms with Crippen molar-refractivity contribution in [2.75, 3.05) is 27.2 Å². The van der Waals surface area contributed by atoms with Crippen molar-refractivity contribution < 1.29 is 23.9 Å². The van der Waals surface area contributed by atoms with E-state index >= 15 is 0 Å². The van der Waals surface area contributed by atoms with E-state index in [1.54, 1.807) is 0 Å². The lowest BCUT2D eigenvalue weighted by Gasteiger charge is -2.40. The first-order valence-electron chi connectivity index (χ1n) is 12.4. The van der Waals surface area contributed by atoms with Crippen molar-refractivity contribution in [3.05, 3.63) is 80.7 Å². The monoisotopic (exact) mass is 512 g/mol. The molecule has 186 valence electrons. The molecule has 4 atom stereocenters. The average molecular weight is 513 g/mol. The second-order valence-electron chi connectivity index (χ2n) is 10.4. The summed E-state index contributed by atoms with van der Waals surface area (Å²) in [5.41, 5.74) is -0.552. The highest BCUT2D eigenvalue weighted by atomic mass is 32.1. The number of aliphatic hydroxyl groups is 1. The van der Waals surface area contributed by atoms with Gasteiger partial charge in [-0.05, 0) is 41.3 Å². The fraction of sp³-hybridized carbons (Fsp3) is 0.464. The molecule has 3 aromatic rings. The summed E-state index contributed by atoms with van der Waals surface area (Å²) in [7, 11) is 4.54. The van der Waals surface area contributed by atoms with Gasteiger partial charge in [0.2, 0.25) is 5.60 Å². The summed E-state index contributed by atoms with van der Waals surface area (Å²) in [4.78, 5) is 14.8. The van der Waals surface area contributed by atoms with Gasteiger partial charge in [-0.3, -0.25) is 0 Å². The summed E-state index contributed by atoms with van der Waals surface area (Å²) in [5.74, 6) is 0.123. The summed E-state index contributed by atoms with van der Waals surface area (Å²) < 4.78 is 13.0. The van der Waals surface area contributed by atoms with Crippen LogP contribution in [0.5, 0.6) is 0 Å². The summed E-state index contributed by atoms with van der Waals surface area (Å²) in [6.07, 6.45) is 3.06. The molecule has 2 heterocycles. The molecule has 2 saturated carbocycles. The van der Waals surface area contributed by atoms with Gasteiger partial charge >= 0.3 is 5.97 Å². The van der Waals surface area contributed by atoms with Crippen molar-refractivity contribution in [3.8, 4) is 0 Å². The van der Waals surface area contributed by atoms with E-state index in [-0.39, 0.29) is 6.10 Å². The molecule has 0 saturated heterocycles. The zero-order chi connectivity index (χ0) is 24.5. The van der Waals surface area contributed by atoms with Gasteiger partial charge in [-0.2, -0.15) is 0 Å². The Labute approximate surface area is 215 Å². The van der Waals surface area contributed by atoms with Gasteiger partial charge in [0.25, 0.3) is 0 Å². The lowest BCUT2D eigenvalue weighted by molar-refractivity contribution is -0.919. The molecule has 2 aromatic heterocycles. The molecule has 5 rings (SSSR count). The van der Waals surface area contributed by atoms with Gasteiger partial charge in [-0.25, -0.2) is 4.79 Å². The van der Waals surface area contributed by atoms with Crippen LogP contribution >= 0.6 is 22.7 Å². The van der Waals surface area contributed by atoms with E-state index in [4.69, 9.17) is 9.47 Å². The summed E-state index contributed by atoms with van der Waals surface area (Å²) in [6, 6.07) is 18.0. The molecule has 2 fully saturated rings. The number of ether oxygens (including phenoxy) is 2. The van der Waals surface area contributed by atoms with Gasteiger partial charge < -0.3 is 19.1 Å². The standard InChI is InChI=1S/C28H34NO4S2/c1-29(2,14-15-32-19-20-8-4-3-5-9-20)23-18-21-12-13-22(23)26(21)33-27(30)28(31,24-10-6-16-34-24)25-11-7-17-35-25/h3-11,16-17,21-23,26,31H,12-15,18-19H2,1-2H3/q+1/t21?,22-,23-,26?/m0/s1. The van der Waals surface area contributed by atoms with Gasteiger partial charge in [0.15, 0.2) is 0 Å². The molecule has 0 spiro atoms. The maximum atomic E-state index is 13.6. The smallest absolute Gasteiger partial charge is 0.349 e. The predicted octanol–water partition coefficient (Wildman–Crippen LogP) is 5.05. The molecule has 1 aromatic carbocycles. The Hall–Kier alpha value is -2.03. The number of thiophene rings is 2. The van der Waals surface area contributed by atoms with E-state index in [1.165, 1.54) is 28.2 Å². The number of nitrogens with zero attached hydrogens (tertiary/aromatic N) is 1. The van der Waals surface area contributed by atoms with Gasteiger partial charge in [0, 0.05) is 18.3 Å². The molecule has 7 heteroatoms. The van der Waals surface area contributed by atoms with Crippen molar-refractivity contribution in [1.82, 2.24) is 0 Å². The van der Waals surface area contributed by atoms with Crippen LogP contribution in [0.3, 0.4) is 0 Å². The van der Waals surface area contributed by atoms with Crippen LogP contribution in [0.1, 0.15) is 34.6 Å². The number of carbonyl (C=O) groups excluding carboxylic acids is 1. The molecule has 2 unspecified atom stereocenters. The van der Waals surface area contributed by atoms with Crippen LogP contribution in [0.15, 0.2) is 65.4 Å². The van der Waals surface area contributed by atoms with Gasteiger partial charge in [0.05, 0.1) is 43.1 Å². The van der Waals surface area contributed by atoms with Crippen molar-refractivity contribution >= 4 is 28.6 Å². The molecule has 2 aliphatic rings. The second-order valence-corrected chi connectivity index (χ2v) is 12.3. The highest BCUT2D eigenvalue weighted by molar-refractivity contribution is 7.12. The molecule has 5 nitrogen and oxygen atoms in total. The maximum Gasteiger partial charge on any atom is 0.349 e. The lowest BCUT2D eigenvalue weighted by atomic mass is 9.93. The SMILES string of the molecule is C[N+](C)(CCOCc1ccccc1)[C@H]1CC2CC[C@@H]1C2OC(=O)C(O)(c1cccs1)c1cccs1. The lowest BCUT2D eigenvalue weighted by Crippen LogP contribution is -2.53. The molecule has 35 heavy (non-hydrogen) atoms. The molecule has 0 radical (unpaired) electrons. The predicted molar refractivity (Wildman–Crippen MR) is 139 cm³/mol. The number of esters is 1. The van der Waals surface area contributed by atoms with E-state index < -0.39 is 11.6 Å². The Morgan fingerprint density at radius 1 is 1.03 bits per heavy atom. The van der Waals surface area contributed by atoms with Crippen molar-refractivity contribution in [2.45, 2.75) is 43.6 Å². The van der Waals surface area contributed by atoms with Crippen LogP contribution < -0.4 is 0 Å². The van der Waals surface area contributed by atoms with Crippen LogP contribution in [0, 0.1) is 11.8 Å². The maximum absolute atomic E-state index is 13.6. The van der Waals surface area contributed by atoms with Gasteiger partial charge in [-0.1, -0.05) is 42.5 Å². The average Bonchev–Trinajstić information content (AvgIpc) is 3.68. The topological polar surface area (TPSA) is 55.8 Å². The van der Waals surface area contributed by atoms with Crippen LogP contribution in [-0.4, -0.2) is 55.0 Å². The number of carbonyl (C=O) groups is 1. The largest absolute Gasteiger partial charge is 0.459 e. The minimum Gasteiger partial charge on any atom is -0.459 e. The highest BCUT2D eigenvalue weighted by Crippen LogP contribution is 2.50. The Kier molecular flexibility index (Phi) is 7.15. The quantitative estimate of drug-likeness (QED) is 0.235. The minimum atomic E-state index is -1.74.